The number of sulfonamides is 1. The van der Waals surface area contributed by atoms with Gasteiger partial charge in [0.2, 0.25) is 21.8 Å². The van der Waals surface area contributed by atoms with Gasteiger partial charge in [0.05, 0.1) is 10.8 Å². The topological polar surface area (TPSA) is 101 Å². The van der Waals surface area contributed by atoms with E-state index in [0.717, 1.165) is 31.5 Å². The summed E-state index contributed by atoms with van der Waals surface area (Å²) in [4.78, 5) is 28.5. The first-order valence-corrected chi connectivity index (χ1v) is 10.6. The molecular weight excluding hydrogens is 354 g/mol. The lowest BCUT2D eigenvalue weighted by Gasteiger charge is -2.29. The fourth-order valence-electron chi connectivity index (χ4n) is 3.64. The minimum atomic E-state index is -3.69. The van der Waals surface area contributed by atoms with Crippen LogP contribution in [0.15, 0.2) is 29.2 Å². The number of nitrogens with two attached hydrogens (primary N) is 1. The quantitative estimate of drug-likeness (QED) is 0.815. The SMILES string of the molecule is NS(=O)(=O)c1ccc(CCN2CC(C(=O)N3CCCCC3)CC2=O)cc1. The summed E-state index contributed by atoms with van der Waals surface area (Å²) in [6, 6.07) is 6.35. The van der Waals surface area contributed by atoms with Gasteiger partial charge in [-0.3, -0.25) is 9.59 Å². The third-order valence-electron chi connectivity index (χ3n) is 5.15. The van der Waals surface area contributed by atoms with E-state index in [9.17, 15) is 18.0 Å². The normalized spacial score (nSPS) is 21.3. The van der Waals surface area contributed by atoms with E-state index in [0.29, 0.717) is 25.9 Å². The van der Waals surface area contributed by atoms with Gasteiger partial charge in [-0.05, 0) is 43.4 Å². The average molecular weight is 379 g/mol. The van der Waals surface area contributed by atoms with Crippen LogP contribution < -0.4 is 5.14 Å². The highest BCUT2D eigenvalue weighted by Gasteiger charge is 2.36. The fraction of sp³-hybridized carbons (Fsp3) is 0.556. The third-order valence-corrected chi connectivity index (χ3v) is 6.08. The van der Waals surface area contributed by atoms with E-state index in [1.165, 1.54) is 18.6 Å². The molecule has 7 nitrogen and oxygen atoms in total. The maximum absolute atomic E-state index is 12.6. The molecule has 0 aromatic heterocycles. The van der Waals surface area contributed by atoms with Gasteiger partial charge in [-0.15, -0.1) is 0 Å². The van der Waals surface area contributed by atoms with Crippen LogP contribution >= 0.6 is 0 Å². The van der Waals surface area contributed by atoms with Crippen LogP contribution in [-0.2, 0) is 26.0 Å². The molecule has 8 heteroatoms. The van der Waals surface area contributed by atoms with Crippen LogP contribution in [0.5, 0.6) is 0 Å². The maximum Gasteiger partial charge on any atom is 0.238 e. The molecule has 1 unspecified atom stereocenters. The van der Waals surface area contributed by atoms with Gasteiger partial charge in [0.15, 0.2) is 0 Å². The number of hydrogen-bond acceptors (Lipinski definition) is 4. The summed E-state index contributed by atoms with van der Waals surface area (Å²) < 4.78 is 22.5. The molecule has 2 aliphatic rings. The van der Waals surface area contributed by atoms with E-state index in [-0.39, 0.29) is 22.6 Å². The van der Waals surface area contributed by atoms with Crippen molar-refractivity contribution in [2.45, 2.75) is 37.0 Å². The van der Waals surface area contributed by atoms with Crippen molar-refractivity contribution in [3.8, 4) is 0 Å². The molecule has 1 aromatic carbocycles. The third kappa shape index (κ3) is 4.42. The number of likely N-dealkylation sites (tertiary alicyclic amines) is 2. The first-order chi connectivity index (χ1) is 12.3. The van der Waals surface area contributed by atoms with Crippen molar-refractivity contribution >= 4 is 21.8 Å². The van der Waals surface area contributed by atoms with Crippen LogP contribution in [0.3, 0.4) is 0 Å². The first-order valence-electron chi connectivity index (χ1n) is 9.03. The van der Waals surface area contributed by atoms with Crippen molar-refractivity contribution in [2.75, 3.05) is 26.2 Å². The highest BCUT2D eigenvalue weighted by molar-refractivity contribution is 7.89. The predicted molar refractivity (Wildman–Crippen MR) is 96.6 cm³/mol. The zero-order valence-electron chi connectivity index (χ0n) is 14.8. The summed E-state index contributed by atoms with van der Waals surface area (Å²) in [7, 11) is -3.69. The zero-order chi connectivity index (χ0) is 18.7. The molecule has 2 saturated heterocycles. The Bertz CT molecular complexity index is 770. The molecule has 3 rings (SSSR count). The molecule has 142 valence electrons. The van der Waals surface area contributed by atoms with Gasteiger partial charge >= 0.3 is 0 Å². The molecule has 0 saturated carbocycles. The number of carbonyl (C=O) groups is 2. The number of hydrogen-bond donors (Lipinski definition) is 1. The first kappa shape index (κ1) is 18.8. The molecule has 2 aliphatic heterocycles. The summed E-state index contributed by atoms with van der Waals surface area (Å²) in [6.45, 7) is 2.61. The fourth-order valence-corrected chi connectivity index (χ4v) is 4.15. The Morgan fingerprint density at radius 2 is 1.77 bits per heavy atom. The van der Waals surface area contributed by atoms with Crippen LogP contribution in [0.4, 0.5) is 0 Å². The smallest absolute Gasteiger partial charge is 0.238 e. The summed E-state index contributed by atoms with van der Waals surface area (Å²) in [5.41, 5.74) is 0.927. The highest BCUT2D eigenvalue weighted by Crippen LogP contribution is 2.22. The molecule has 0 bridgehead atoms. The van der Waals surface area contributed by atoms with Gasteiger partial charge in [0.25, 0.3) is 0 Å². The van der Waals surface area contributed by atoms with Crippen molar-refractivity contribution in [1.82, 2.24) is 9.80 Å². The second-order valence-corrected chi connectivity index (χ2v) is 8.63. The van der Waals surface area contributed by atoms with Gasteiger partial charge in [-0.2, -0.15) is 0 Å². The van der Waals surface area contributed by atoms with E-state index < -0.39 is 10.0 Å². The number of carbonyl (C=O) groups excluding carboxylic acids is 2. The monoisotopic (exact) mass is 379 g/mol. The molecule has 26 heavy (non-hydrogen) atoms. The Labute approximate surface area is 154 Å². The molecule has 1 atom stereocenters. The Morgan fingerprint density at radius 1 is 1.12 bits per heavy atom. The van der Waals surface area contributed by atoms with E-state index in [4.69, 9.17) is 5.14 Å². The zero-order valence-corrected chi connectivity index (χ0v) is 15.6. The van der Waals surface area contributed by atoms with Crippen LogP contribution in [0.1, 0.15) is 31.2 Å². The van der Waals surface area contributed by atoms with Crippen molar-refractivity contribution in [2.24, 2.45) is 11.1 Å². The molecule has 2 N–H and O–H groups in total. The maximum atomic E-state index is 12.6. The second-order valence-electron chi connectivity index (χ2n) is 7.07. The molecule has 2 fully saturated rings. The Morgan fingerprint density at radius 3 is 2.38 bits per heavy atom. The van der Waals surface area contributed by atoms with Gasteiger partial charge in [-0.25, -0.2) is 13.6 Å². The second kappa shape index (κ2) is 7.75. The number of primary sulfonamides is 1. The van der Waals surface area contributed by atoms with Gasteiger partial charge in [0.1, 0.15) is 0 Å². The van der Waals surface area contributed by atoms with Gasteiger partial charge in [0, 0.05) is 32.6 Å². The van der Waals surface area contributed by atoms with Crippen LogP contribution in [0.2, 0.25) is 0 Å². The number of rotatable bonds is 5. The highest BCUT2D eigenvalue weighted by atomic mass is 32.2. The van der Waals surface area contributed by atoms with E-state index in [1.807, 2.05) is 4.90 Å². The largest absolute Gasteiger partial charge is 0.342 e. The van der Waals surface area contributed by atoms with Crippen molar-refractivity contribution in [3.63, 3.8) is 0 Å². The lowest BCUT2D eigenvalue weighted by Crippen LogP contribution is -2.40. The standard InChI is InChI=1S/C18H25N3O4S/c19-26(24,25)16-6-4-14(5-7-16)8-11-21-13-15(12-17(21)22)18(23)20-9-2-1-3-10-20/h4-7,15H,1-3,8-13H2,(H2,19,24,25). The van der Waals surface area contributed by atoms with Crippen LogP contribution in [0.25, 0.3) is 0 Å². The summed E-state index contributed by atoms with van der Waals surface area (Å²) in [6.07, 6.45) is 4.17. The molecule has 2 heterocycles. The molecule has 0 aliphatic carbocycles. The summed E-state index contributed by atoms with van der Waals surface area (Å²) in [5, 5.41) is 5.09. The number of nitrogens with zero attached hydrogens (tertiary/aromatic N) is 2. The number of piperidine rings is 1. The van der Waals surface area contributed by atoms with Crippen molar-refractivity contribution in [1.29, 1.82) is 0 Å². The Hall–Kier alpha value is -1.93. The molecular formula is C18H25N3O4S. The predicted octanol–water partition coefficient (Wildman–Crippen LogP) is 0.737. The number of amides is 2. The van der Waals surface area contributed by atoms with Crippen molar-refractivity contribution < 1.29 is 18.0 Å². The van der Waals surface area contributed by atoms with Gasteiger partial charge in [-0.1, -0.05) is 12.1 Å². The van der Waals surface area contributed by atoms with E-state index in [2.05, 4.69) is 0 Å². The summed E-state index contributed by atoms with van der Waals surface area (Å²) >= 11 is 0. The summed E-state index contributed by atoms with van der Waals surface area (Å²) in [5.74, 6) is -0.107. The average Bonchev–Trinajstić information content (AvgIpc) is 3.00. The lowest BCUT2D eigenvalue weighted by molar-refractivity contribution is -0.136. The minimum Gasteiger partial charge on any atom is -0.342 e. The van der Waals surface area contributed by atoms with Crippen LogP contribution in [-0.4, -0.2) is 56.2 Å². The van der Waals surface area contributed by atoms with Crippen LogP contribution in [0, 0.1) is 5.92 Å². The van der Waals surface area contributed by atoms with E-state index in [1.54, 1.807) is 17.0 Å². The van der Waals surface area contributed by atoms with E-state index >= 15 is 0 Å². The molecule has 2 amide bonds. The number of benzene rings is 1. The molecule has 0 spiro atoms. The molecule has 1 aromatic rings. The van der Waals surface area contributed by atoms with Gasteiger partial charge < -0.3 is 9.80 Å². The Kier molecular flexibility index (Phi) is 5.62. The van der Waals surface area contributed by atoms with Crippen molar-refractivity contribution in [3.05, 3.63) is 29.8 Å². The minimum absolute atomic E-state index is 0.0153. The Balaban J connectivity index is 1.54. The molecule has 0 radical (unpaired) electrons. The lowest BCUT2D eigenvalue weighted by atomic mass is 10.0.